The summed E-state index contributed by atoms with van der Waals surface area (Å²) in [6.45, 7) is 0.576. The zero-order chi connectivity index (χ0) is 15.9. The highest BCUT2D eigenvalue weighted by molar-refractivity contribution is 7.13. The van der Waals surface area contributed by atoms with E-state index in [1.54, 1.807) is 6.20 Å². The Bertz CT molecular complexity index is 752. The molecule has 0 spiro atoms. The van der Waals surface area contributed by atoms with Gasteiger partial charge in [0.1, 0.15) is 6.61 Å². The van der Waals surface area contributed by atoms with Gasteiger partial charge in [-0.2, -0.15) is 0 Å². The molecular weight excluding hydrogens is 346 g/mol. The molecule has 0 amide bonds. The number of nitrogens with one attached hydrogen (secondary N) is 1. The van der Waals surface area contributed by atoms with Crippen LogP contribution in [0.2, 0.25) is 0 Å². The Morgan fingerprint density at radius 3 is 2.75 bits per heavy atom. The number of halogens is 1. The van der Waals surface area contributed by atoms with Crippen LogP contribution < -0.4 is 10.1 Å². The number of thiazole rings is 1. The molecule has 7 heteroatoms. The average molecular weight is 364 g/mol. The van der Waals surface area contributed by atoms with Crippen LogP contribution in [0.1, 0.15) is 11.3 Å². The van der Waals surface area contributed by atoms with E-state index < -0.39 is 0 Å². The van der Waals surface area contributed by atoms with Gasteiger partial charge in [0.25, 0.3) is 0 Å². The van der Waals surface area contributed by atoms with Crippen molar-refractivity contribution in [2.24, 2.45) is 0 Å². The number of nitrogens with zero attached hydrogens (tertiary/aromatic N) is 2. The van der Waals surface area contributed by atoms with Crippen LogP contribution in [0, 0.1) is 0 Å². The number of rotatable bonds is 7. The largest absolute Gasteiger partial charge is 0.485 e. The molecule has 0 fully saturated rings. The topological polar surface area (TPSA) is 67.3 Å². The number of anilines is 2. The third-order valence-corrected chi connectivity index (χ3v) is 3.96. The van der Waals surface area contributed by atoms with Crippen molar-refractivity contribution in [1.29, 1.82) is 0 Å². The summed E-state index contributed by atoms with van der Waals surface area (Å²) in [6.07, 6.45) is 2.26. The standard InChI is InChI=1S/C17H17N3O2S.ClH/c21-10-8-14-12-23-17(19-14)20-16-15(7-4-9-18-16)22-11-13-5-2-1-3-6-13;/h1-7,9,12,21H,8,10-11H2,(H,18,19,20);1H. The van der Waals surface area contributed by atoms with Crippen molar-refractivity contribution in [1.82, 2.24) is 9.97 Å². The maximum Gasteiger partial charge on any atom is 0.188 e. The summed E-state index contributed by atoms with van der Waals surface area (Å²) in [7, 11) is 0. The number of ether oxygens (including phenoxy) is 1. The molecule has 2 aromatic heterocycles. The van der Waals surface area contributed by atoms with Crippen molar-refractivity contribution in [3.8, 4) is 5.75 Å². The first-order chi connectivity index (χ1) is 11.3. The first-order valence-electron chi connectivity index (χ1n) is 7.29. The van der Waals surface area contributed by atoms with Crippen molar-refractivity contribution in [3.63, 3.8) is 0 Å². The summed E-state index contributed by atoms with van der Waals surface area (Å²) in [5.41, 5.74) is 1.96. The normalized spacial score (nSPS) is 10.0. The molecule has 0 saturated heterocycles. The summed E-state index contributed by atoms with van der Waals surface area (Å²) in [5, 5.41) is 14.8. The summed E-state index contributed by atoms with van der Waals surface area (Å²) in [4.78, 5) is 8.73. The minimum Gasteiger partial charge on any atom is -0.485 e. The maximum atomic E-state index is 8.95. The summed E-state index contributed by atoms with van der Waals surface area (Å²) < 4.78 is 5.86. The van der Waals surface area contributed by atoms with Gasteiger partial charge in [-0.05, 0) is 17.7 Å². The lowest BCUT2D eigenvalue weighted by Crippen LogP contribution is -2.01. The van der Waals surface area contributed by atoms with Crippen LogP contribution >= 0.6 is 23.7 Å². The summed E-state index contributed by atoms with van der Waals surface area (Å²) in [5.74, 6) is 1.31. The van der Waals surface area contributed by atoms with Crippen LogP contribution in [0.15, 0.2) is 54.0 Å². The van der Waals surface area contributed by atoms with Gasteiger partial charge >= 0.3 is 0 Å². The van der Waals surface area contributed by atoms with Crippen molar-refractivity contribution in [2.75, 3.05) is 11.9 Å². The number of aliphatic hydroxyl groups is 1. The van der Waals surface area contributed by atoms with E-state index in [1.165, 1.54) is 11.3 Å². The zero-order valence-electron chi connectivity index (χ0n) is 12.9. The van der Waals surface area contributed by atoms with E-state index in [9.17, 15) is 0 Å². The van der Waals surface area contributed by atoms with Gasteiger partial charge in [0, 0.05) is 24.6 Å². The molecule has 0 aliphatic rings. The molecule has 0 atom stereocenters. The Balaban J connectivity index is 0.00000208. The van der Waals surface area contributed by atoms with Gasteiger partial charge in [0.15, 0.2) is 16.7 Å². The highest BCUT2D eigenvalue weighted by Crippen LogP contribution is 2.27. The average Bonchev–Trinajstić information content (AvgIpc) is 3.03. The molecule has 5 nitrogen and oxygen atoms in total. The molecule has 3 rings (SSSR count). The van der Waals surface area contributed by atoms with Crippen molar-refractivity contribution >= 4 is 34.7 Å². The fraction of sp³-hybridized carbons (Fsp3) is 0.176. The Labute approximate surface area is 150 Å². The molecular formula is C17H18ClN3O2S. The van der Waals surface area contributed by atoms with E-state index in [0.29, 0.717) is 24.6 Å². The molecule has 126 valence electrons. The molecule has 0 radical (unpaired) electrons. The number of aromatic nitrogens is 2. The van der Waals surface area contributed by atoms with Gasteiger partial charge in [0.05, 0.1) is 5.69 Å². The second-order valence-corrected chi connectivity index (χ2v) is 5.73. The number of pyridine rings is 1. The van der Waals surface area contributed by atoms with Gasteiger partial charge < -0.3 is 15.2 Å². The Kier molecular flexibility index (Phi) is 6.99. The van der Waals surface area contributed by atoms with Crippen molar-refractivity contribution < 1.29 is 9.84 Å². The summed E-state index contributed by atoms with van der Waals surface area (Å²) in [6, 6.07) is 13.7. The van der Waals surface area contributed by atoms with Crippen LogP contribution in [-0.4, -0.2) is 21.7 Å². The molecule has 2 heterocycles. The smallest absolute Gasteiger partial charge is 0.188 e. The first-order valence-corrected chi connectivity index (χ1v) is 8.17. The number of aliphatic hydroxyl groups excluding tert-OH is 1. The van der Waals surface area contributed by atoms with E-state index in [1.807, 2.05) is 47.8 Å². The fourth-order valence-corrected chi connectivity index (χ4v) is 2.78. The lowest BCUT2D eigenvalue weighted by Gasteiger charge is -2.10. The molecule has 0 saturated carbocycles. The van der Waals surface area contributed by atoms with E-state index in [-0.39, 0.29) is 19.0 Å². The predicted octanol–water partition coefficient (Wildman–Crippen LogP) is 3.82. The molecule has 24 heavy (non-hydrogen) atoms. The number of hydrogen-bond donors (Lipinski definition) is 2. The van der Waals surface area contributed by atoms with Crippen molar-refractivity contribution in [3.05, 3.63) is 65.3 Å². The van der Waals surface area contributed by atoms with Gasteiger partial charge in [0.2, 0.25) is 0 Å². The second kappa shape index (κ2) is 9.22. The highest BCUT2D eigenvalue weighted by Gasteiger charge is 2.08. The number of benzene rings is 1. The zero-order valence-corrected chi connectivity index (χ0v) is 14.5. The second-order valence-electron chi connectivity index (χ2n) is 4.87. The van der Waals surface area contributed by atoms with E-state index in [4.69, 9.17) is 9.84 Å². The lowest BCUT2D eigenvalue weighted by molar-refractivity contribution is 0.298. The fourth-order valence-electron chi connectivity index (χ4n) is 2.03. The predicted molar refractivity (Wildman–Crippen MR) is 98.4 cm³/mol. The Morgan fingerprint density at radius 1 is 1.12 bits per heavy atom. The van der Waals surface area contributed by atoms with Gasteiger partial charge in [-0.15, -0.1) is 23.7 Å². The first kappa shape index (κ1) is 18.2. The quantitative estimate of drug-likeness (QED) is 0.668. The lowest BCUT2D eigenvalue weighted by atomic mass is 10.2. The van der Waals surface area contributed by atoms with Crippen LogP contribution in [-0.2, 0) is 13.0 Å². The van der Waals surface area contributed by atoms with E-state index in [0.717, 1.165) is 16.4 Å². The minimum absolute atomic E-state index is 0. The van der Waals surface area contributed by atoms with Crippen LogP contribution in [0.3, 0.4) is 0 Å². The Hall–Kier alpha value is -2.15. The molecule has 0 aliphatic heterocycles. The monoisotopic (exact) mass is 363 g/mol. The van der Waals surface area contributed by atoms with Crippen LogP contribution in [0.4, 0.5) is 10.9 Å². The molecule has 1 aromatic carbocycles. The molecule has 0 aliphatic carbocycles. The minimum atomic E-state index is 0. The third-order valence-electron chi connectivity index (χ3n) is 3.15. The van der Waals surface area contributed by atoms with E-state index in [2.05, 4.69) is 15.3 Å². The molecule has 0 unspecified atom stereocenters. The molecule has 0 bridgehead atoms. The highest BCUT2D eigenvalue weighted by atomic mass is 35.5. The summed E-state index contributed by atoms with van der Waals surface area (Å²) >= 11 is 1.48. The van der Waals surface area contributed by atoms with Gasteiger partial charge in [-0.1, -0.05) is 30.3 Å². The van der Waals surface area contributed by atoms with Crippen molar-refractivity contribution in [2.45, 2.75) is 13.0 Å². The van der Waals surface area contributed by atoms with Gasteiger partial charge in [-0.25, -0.2) is 9.97 Å². The van der Waals surface area contributed by atoms with E-state index >= 15 is 0 Å². The number of hydrogen-bond acceptors (Lipinski definition) is 6. The maximum absolute atomic E-state index is 8.95. The van der Waals surface area contributed by atoms with Gasteiger partial charge in [-0.3, -0.25) is 0 Å². The Morgan fingerprint density at radius 2 is 1.96 bits per heavy atom. The van der Waals surface area contributed by atoms with Crippen LogP contribution in [0.25, 0.3) is 0 Å². The molecule has 3 aromatic rings. The third kappa shape index (κ3) is 4.92. The SMILES string of the molecule is Cl.OCCc1csc(Nc2ncccc2OCc2ccccc2)n1. The molecule has 2 N–H and O–H groups in total. The van der Waals surface area contributed by atoms with Crippen LogP contribution in [0.5, 0.6) is 5.75 Å².